The van der Waals surface area contributed by atoms with Crippen LogP contribution in [0.5, 0.6) is 0 Å². The molecule has 4 rings (SSSR count). The molecule has 0 amide bonds. The molecule has 1 aliphatic rings. The van der Waals surface area contributed by atoms with Gasteiger partial charge < -0.3 is 0 Å². The second-order valence-corrected chi connectivity index (χ2v) is 10.1. The Labute approximate surface area is 170 Å². The average molecular weight is 400 g/mol. The first-order chi connectivity index (χ1) is 13.2. The summed E-state index contributed by atoms with van der Waals surface area (Å²) < 4.78 is 1.25. The number of unbranched alkanes of at least 4 members (excludes halogenated alkanes) is 3. The van der Waals surface area contributed by atoms with Gasteiger partial charge in [-0.3, -0.25) is 0 Å². The van der Waals surface area contributed by atoms with Crippen molar-refractivity contribution in [2.24, 2.45) is 5.92 Å². The predicted molar refractivity (Wildman–Crippen MR) is 118 cm³/mol. The number of aromatic nitrogens is 3. The lowest BCUT2D eigenvalue weighted by atomic mass is 9.99. The Morgan fingerprint density at radius 1 is 1.11 bits per heavy atom. The molecule has 144 valence electrons. The first-order valence-corrected chi connectivity index (χ1v) is 12.2. The van der Waals surface area contributed by atoms with Crippen molar-refractivity contribution in [1.29, 1.82) is 0 Å². The molecular formula is C22H29N3S2. The Kier molecular flexibility index (Phi) is 5.98. The summed E-state index contributed by atoms with van der Waals surface area (Å²) in [7, 11) is 0. The van der Waals surface area contributed by atoms with Crippen LogP contribution in [0.4, 0.5) is 0 Å². The van der Waals surface area contributed by atoms with Gasteiger partial charge >= 0.3 is 0 Å². The first-order valence-electron chi connectivity index (χ1n) is 10.4. The summed E-state index contributed by atoms with van der Waals surface area (Å²) in [5.74, 6) is 1.79. The number of thioether (sulfide) groups is 1. The highest BCUT2D eigenvalue weighted by atomic mass is 32.2. The topological polar surface area (TPSA) is 38.7 Å². The van der Waals surface area contributed by atoms with Gasteiger partial charge in [0.05, 0.1) is 10.2 Å². The fraction of sp³-hybridized carbons (Fsp3) is 0.591. The Balaban J connectivity index is 1.73. The van der Waals surface area contributed by atoms with Gasteiger partial charge in [-0.2, -0.15) is 0 Å². The fourth-order valence-electron chi connectivity index (χ4n) is 4.11. The lowest BCUT2D eigenvalue weighted by molar-refractivity contribution is 0.632. The number of hydrogen-bond acceptors (Lipinski definition) is 5. The minimum absolute atomic E-state index is 0.642. The number of aryl methyl sites for hydroxylation is 1. The van der Waals surface area contributed by atoms with Gasteiger partial charge in [-0.05, 0) is 54.9 Å². The summed E-state index contributed by atoms with van der Waals surface area (Å²) in [6.07, 6.45) is 11.6. The van der Waals surface area contributed by atoms with Gasteiger partial charge in [0.2, 0.25) is 0 Å². The molecule has 0 aliphatic heterocycles. The first kappa shape index (κ1) is 19.1. The molecule has 0 atom stereocenters. The van der Waals surface area contributed by atoms with Gasteiger partial charge in [-0.1, -0.05) is 40.0 Å². The monoisotopic (exact) mass is 399 g/mol. The summed E-state index contributed by atoms with van der Waals surface area (Å²) in [6.45, 7) is 6.84. The molecular weight excluding hydrogens is 370 g/mol. The van der Waals surface area contributed by atoms with Crippen LogP contribution < -0.4 is 0 Å². The Morgan fingerprint density at radius 3 is 2.78 bits per heavy atom. The highest BCUT2D eigenvalue weighted by Crippen LogP contribution is 2.42. The maximum Gasteiger partial charge on any atom is 0.126 e. The summed E-state index contributed by atoms with van der Waals surface area (Å²) >= 11 is 3.70. The second kappa shape index (κ2) is 8.44. The van der Waals surface area contributed by atoms with Crippen molar-refractivity contribution < 1.29 is 0 Å². The molecule has 3 aromatic rings. The van der Waals surface area contributed by atoms with Crippen LogP contribution in [0.3, 0.4) is 0 Å². The van der Waals surface area contributed by atoms with E-state index in [1.807, 2.05) is 11.8 Å². The Bertz CT molecular complexity index is 946. The summed E-state index contributed by atoms with van der Waals surface area (Å²) in [4.78, 5) is 15.6. The predicted octanol–water partition coefficient (Wildman–Crippen LogP) is 6.60. The highest BCUT2D eigenvalue weighted by Gasteiger charge is 2.24. The van der Waals surface area contributed by atoms with Crippen LogP contribution in [0.1, 0.15) is 69.7 Å². The van der Waals surface area contributed by atoms with E-state index in [0.717, 1.165) is 22.7 Å². The standard InChI is InChI=1S/C22H29N3S2/c1-4-5-6-7-11-26-22-20-19(23-13-24-22)18-16-10-8-9-15(16)17(12-14(2)3)25-21(18)27-20/h13-14H,4-12H2,1-3H3. The van der Waals surface area contributed by atoms with Crippen molar-refractivity contribution in [2.75, 3.05) is 5.75 Å². The summed E-state index contributed by atoms with van der Waals surface area (Å²) in [6, 6.07) is 0. The zero-order chi connectivity index (χ0) is 18.8. The van der Waals surface area contributed by atoms with Crippen molar-refractivity contribution in [1.82, 2.24) is 15.0 Å². The van der Waals surface area contributed by atoms with E-state index in [9.17, 15) is 0 Å². The Morgan fingerprint density at radius 2 is 1.96 bits per heavy atom. The molecule has 27 heavy (non-hydrogen) atoms. The van der Waals surface area contributed by atoms with Gasteiger partial charge in [-0.25, -0.2) is 15.0 Å². The number of hydrogen-bond donors (Lipinski definition) is 0. The van der Waals surface area contributed by atoms with Crippen LogP contribution in [0.15, 0.2) is 11.4 Å². The molecule has 0 aromatic carbocycles. The van der Waals surface area contributed by atoms with E-state index < -0.39 is 0 Å². The molecule has 5 heteroatoms. The third kappa shape index (κ3) is 3.86. The van der Waals surface area contributed by atoms with Crippen LogP contribution in [0.25, 0.3) is 20.4 Å². The molecule has 3 aromatic heterocycles. The van der Waals surface area contributed by atoms with Crippen molar-refractivity contribution in [2.45, 2.75) is 77.2 Å². The van der Waals surface area contributed by atoms with Crippen LogP contribution in [0.2, 0.25) is 0 Å². The third-order valence-corrected chi connectivity index (χ3v) is 7.65. The summed E-state index contributed by atoms with van der Waals surface area (Å²) in [5.41, 5.74) is 5.52. The molecule has 0 radical (unpaired) electrons. The van der Waals surface area contributed by atoms with E-state index in [4.69, 9.17) is 9.97 Å². The number of rotatable bonds is 8. The van der Waals surface area contributed by atoms with E-state index in [1.54, 1.807) is 17.7 Å². The SMILES string of the molecule is CCCCCCSc1ncnc2c1sc1nc(CC(C)C)c3c(c12)CCC3. The van der Waals surface area contributed by atoms with Crippen LogP contribution in [-0.2, 0) is 19.3 Å². The van der Waals surface area contributed by atoms with Gasteiger partial charge in [0.15, 0.2) is 0 Å². The number of nitrogens with zero attached hydrogens (tertiary/aromatic N) is 3. The van der Waals surface area contributed by atoms with Gasteiger partial charge in [0, 0.05) is 11.1 Å². The zero-order valence-electron chi connectivity index (χ0n) is 16.7. The van der Waals surface area contributed by atoms with Crippen molar-refractivity contribution >= 4 is 43.5 Å². The fourth-order valence-corrected chi connectivity index (χ4v) is 6.37. The molecule has 0 fully saturated rings. The second-order valence-electron chi connectivity index (χ2n) is 8.02. The molecule has 0 unspecified atom stereocenters. The van der Waals surface area contributed by atoms with Crippen LogP contribution >= 0.6 is 23.1 Å². The minimum Gasteiger partial charge on any atom is -0.242 e. The lowest BCUT2D eigenvalue weighted by Crippen LogP contribution is -2.03. The van der Waals surface area contributed by atoms with E-state index in [2.05, 4.69) is 25.8 Å². The average Bonchev–Trinajstić information content (AvgIpc) is 3.25. The third-order valence-electron chi connectivity index (χ3n) is 5.36. The number of pyridine rings is 1. The molecule has 0 spiro atoms. The molecule has 0 bridgehead atoms. The van der Waals surface area contributed by atoms with Crippen molar-refractivity contribution in [3.63, 3.8) is 0 Å². The highest BCUT2D eigenvalue weighted by molar-refractivity contribution is 7.99. The summed E-state index contributed by atoms with van der Waals surface area (Å²) in [5, 5.41) is 2.47. The lowest BCUT2D eigenvalue weighted by Gasteiger charge is -2.11. The van der Waals surface area contributed by atoms with Crippen LogP contribution in [-0.4, -0.2) is 20.7 Å². The maximum atomic E-state index is 5.13. The van der Waals surface area contributed by atoms with Crippen molar-refractivity contribution in [3.8, 4) is 0 Å². The van der Waals surface area contributed by atoms with Crippen LogP contribution in [0, 0.1) is 5.92 Å². The molecule has 3 heterocycles. The van der Waals surface area contributed by atoms with Gasteiger partial charge in [-0.15, -0.1) is 23.1 Å². The molecule has 1 aliphatic carbocycles. The normalized spacial score (nSPS) is 13.9. The van der Waals surface area contributed by atoms with Gasteiger partial charge in [0.1, 0.15) is 16.2 Å². The maximum absolute atomic E-state index is 5.13. The molecule has 0 saturated heterocycles. The smallest absolute Gasteiger partial charge is 0.126 e. The minimum atomic E-state index is 0.642. The number of fused-ring (bicyclic) bond motifs is 5. The van der Waals surface area contributed by atoms with E-state index in [-0.39, 0.29) is 0 Å². The van der Waals surface area contributed by atoms with Gasteiger partial charge in [0.25, 0.3) is 0 Å². The quantitative estimate of drug-likeness (QED) is 0.243. The molecule has 0 N–H and O–H groups in total. The van der Waals surface area contributed by atoms with E-state index >= 15 is 0 Å². The van der Waals surface area contributed by atoms with E-state index in [0.29, 0.717) is 5.92 Å². The van der Waals surface area contributed by atoms with Crippen molar-refractivity contribution in [3.05, 3.63) is 23.1 Å². The molecule has 3 nitrogen and oxygen atoms in total. The van der Waals surface area contributed by atoms with E-state index in [1.165, 1.54) is 76.7 Å². The number of thiophene rings is 1. The Hall–Kier alpha value is -1.20. The zero-order valence-corrected chi connectivity index (χ0v) is 18.3. The molecule has 0 saturated carbocycles. The largest absolute Gasteiger partial charge is 0.242 e.